The Morgan fingerprint density at radius 2 is 1.59 bits per heavy atom. The zero-order valence-corrected chi connectivity index (χ0v) is 15.4. The molecule has 130 valence electrons. The summed E-state index contributed by atoms with van der Waals surface area (Å²) < 4.78 is 1.08. The van der Waals surface area contributed by atoms with E-state index in [1.807, 2.05) is 72.8 Å². The highest BCUT2D eigenvalue weighted by Crippen LogP contribution is 2.33. The van der Waals surface area contributed by atoms with Gasteiger partial charge in [-0.2, -0.15) is 0 Å². The zero-order valence-electron chi connectivity index (χ0n) is 14.6. The number of anilines is 1. The average Bonchev–Trinajstić information content (AvgIpc) is 3.08. The summed E-state index contributed by atoms with van der Waals surface area (Å²) >= 11 is 1.60. The van der Waals surface area contributed by atoms with Gasteiger partial charge in [-0.05, 0) is 42.5 Å². The summed E-state index contributed by atoms with van der Waals surface area (Å²) in [5.41, 5.74) is 4.11. The highest BCUT2D eigenvalue weighted by Gasteiger charge is 2.16. The lowest BCUT2D eigenvalue weighted by atomic mass is 10.1. The number of carbonyl (C=O) groups is 1. The van der Waals surface area contributed by atoms with Crippen molar-refractivity contribution in [3.05, 3.63) is 78.4 Å². The third-order valence-corrected chi connectivity index (χ3v) is 5.73. The van der Waals surface area contributed by atoms with Gasteiger partial charge in [0.05, 0.1) is 11.0 Å². The van der Waals surface area contributed by atoms with Crippen molar-refractivity contribution in [2.45, 2.75) is 0 Å². The van der Waals surface area contributed by atoms with Crippen molar-refractivity contribution in [2.24, 2.45) is 0 Å². The van der Waals surface area contributed by atoms with E-state index in [4.69, 9.17) is 9.97 Å². The number of para-hydroxylation sites is 3. The summed E-state index contributed by atoms with van der Waals surface area (Å²) in [4.78, 5) is 25.0. The van der Waals surface area contributed by atoms with Crippen LogP contribution in [0, 0.1) is 0 Å². The van der Waals surface area contributed by atoms with Crippen molar-refractivity contribution in [3.63, 3.8) is 0 Å². The third kappa shape index (κ3) is 2.64. The highest BCUT2D eigenvalue weighted by atomic mass is 32.1. The van der Waals surface area contributed by atoms with Crippen molar-refractivity contribution in [1.82, 2.24) is 9.97 Å². The first-order valence-corrected chi connectivity index (χ1v) is 9.44. The minimum Gasteiger partial charge on any atom is -0.311 e. The van der Waals surface area contributed by atoms with Crippen LogP contribution in [0.2, 0.25) is 0 Å². The predicted molar refractivity (Wildman–Crippen MR) is 112 cm³/mol. The number of fused-ring (bicyclic) bond motifs is 4. The molecule has 0 saturated carbocycles. The number of carbonyl (C=O) groups excluding carboxylic acids is 1. The van der Waals surface area contributed by atoms with Crippen LogP contribution in [0.3, 0.4) is 0 Å². The van der Waals surface area contributed by atoms with Crippen LogP contribution < -0.4 is 4.90 Å². The second-order valence-electron chi connectivity index (χ2n) is 6.38. The maximum atomic E-state index is 13.0. The highest BCUT2D eigenvalue weighted by molar-refractivity contribution is 7.25. The van der Waals surface area contributed by atoms with Gasteiger partial charge < -0.3 is 4.90 Å². The molecule has 5 rings (SSSR count). The Kier molecular flexibility index (Phi) is 3.62. The summed E-state index contributed by atoms with van der Waals surface area (Å²) in [6.45, 7) is 0. The molecule has 0 aliphatic carbocycles. The van der Waals surface area contributed by atoms with E-state index < -0.39 is 0 Å². The molecule has 5 aromatic rings. The number of thiophene rings is 1. The van der Waals surface area contributed by atoms with Gasteiger partial charge >= 0.3 is 0 Å². The molecule has 0 saturated heterocycles. The lowest BCUT2D eigenvalue weighted by Gasteiger charge is -2.17. The SMILES string of the molecule is CN(C(=O)c1ccc2sc3nc4ccccc4nc3c2c1)c1ccccc1. The molecule has 0 fully saturated rings. The molecule has 4 nitrogen and oxygen atoms in total. The van der Waals surface area contributed by atoms with Crippen LogP contribution in [0.15, 0.2) is 72.8 Å². The number of amides is 1. The number of hydrogen-bond donors (Lipinski definition) is 0. The number of aromatic nitrogens is 2. The van der Waals surface area contributed by atoms with E-state index in [-0.39, 0.29) is 5.91 Å². The first-order chi connectivity index (χ1) is 13.2. The maximum absolute atomic E-state index is 13.0. The van der Waals surface area contributed by atoms with Crippen LogP contribution in [0.4, 0.5) is 5.69 Å². The molecule has 3 aromatic carbocycles. The molecule has 2 heterocycles. The minimum absolute atomic E-state index is 0.0452. The molecule has 2 aromatic heterocycles. The van der Waals surface area contributed by atoms with Gasteiger partial charge in [-0.15, -0.1) is 11.3 Å². The van der Waals surface area contributed by atoms with E-state index in [1.165, 1.54) is 0 Å². The van der Waals surface area contributed by atoms with Crippen LogP contribution >= 0.6 is 11.3 Å². The second-order valence-corrected chi connectivity index (χ2v) is 7.41. The monoisotopic (exact) mass is 369 g/mol. The van der Waals surface area contributed by atoms with Crippen molar-refractivity contribution >= 4 is 54.4 Å². The van der Waals surface area contributed by atoms with E-state index in [0.717, 1.165) is 37.2 Å². The molecule has 0 radical (unpaired) electrons. The molecular formula is C22H15N3OS. The van der Waals surface area contributed by atoms with Gasteiger partial charge in [-0.25, -0.2) is 9.97 Å². The fourth-order valence-electron chi connectivity index (χ4n) is 3.23. The molecule has 27 heavy (non-hydrogen) atoms. The Morgan fingerprint density at radius 3 is 2.37 bits per heavy atom. The molecule has 0 atom stereocenters. The molecule has 5 heteroatoms. The lowest BCUT2D eigenvalue weighted by molar-refractivity contribution is 0.0993. The van der Waals surface area contributed by atoms with Crippen LogP contribution in [0.5, 0.6) is 0 Å². The Hall–Kier alpha value is -3.31. The molecule has 0 unspecified atom stereocenters. The zero-order chi connectivity index (χ0) is 18.4. The number of hydrogen-bond acceptors (Lipinski definition) is 4. The first kappa shape index (κ1) is 15.9. The first-order valence-electron chi connectivity index (χ1n) is 8.63. The normalized spacial score (nSPS) is 11.3. The molecule has 1 amide bonds. The fraction of sp³-hybridized carbons (Fsp3) is 0.0455. The van der Waals surface area contributed by atoms with Gasteiger partial charge in [0, 0.05) is 28.4 Å². The Balaban J connectivity index is 1.65. The standard InChI is InChI=1S/C22H15N3OS/c1-25(15-7-3-2-4-8-15)22(26)14-11-12-19-16(13-14)20-21(27-19)24-18-10-6-5-9-17(18)23-20/h2-13H,1H3. The Morgan fingerprint density at radius 1 is 0.889 bits per heavy atom. The minimum atomic E-state index is -0.0452. The van der Waals surface area contributed by atoms with Gasteiger partial charge in [0.15, 0.2) is 0 Å². The van der Waals surface area contributed by atoms with Gasteiger partial charge in [-0.1, -0.05) is 30.3 Å². The molecule has 0 spiro atoms. The quantitative estimate of drug-likeness (QED) is 0.426. The van der Waals surface area contributed by atoms with E-state index in [9.17, 15) is 4.79 Å². The predicted octanol–water partition coefficient (Wildman–Crippen LogP) is 5.27. The van der Waals surface area contributed by atoms with Gasteiger partial charge in [-0.3, -0.25) is 4.79 Å². The van der Waals surface area contributed by atoms with Crippen LogP contribution in [0.25, 0.3) is 31.5 Å². The van der Waals surface area contributed by atoms with Gasteiger partial charge in [0.25, 0.3) is 5.91 Å². The number of rotatable bonds is 2. The number of benzene rings is 3. The van der Waals surface area contributed by atoms with Crippen LogP contribution in [0.1, 0.15) is 10.4 Å². The fourth-order valence-corrected chi connectivity index (χ4v) is 4.24. The van der Waals surface area contributed by atoms with Crippen LogP contribution in [-0.2, 0) is 0 Å². The smallest absolute Gasteiger partial charge is 0.258 e. The molecular weight excluding hydrogens is 354 g/mol. The molecule has 0 aliphatic rings. The van der Waals surface area contributed by atoms with Crippen molar-refractivity contribution in [2.75, 3.05) is 11.9 Å². The van der Waals surface area contributed by atoms with Crippen molar-refractivity contribution in [1.29, 1.82) is 0 Å². The summed E-state index contributed by atoms with van der Waals surface area (Å²) in [7, 11) is 1.79. The third-order valence-electron chi connectivity index (χ3n) is 4.67. The molecule has 0 N–H and O–H groups in total. The topological polar surface area (TPSA) is 46.1 Å². The van der Waals surface area contributed by atoms with Crippen molar-refractivity contribution in [3.8, 4) is 0 Å². The van der Waals surface area contributed by atoms with Crippen LogP contribution in [-0.4, -0.2) is 22.9 Å². The summed E-state index contributed by atoms with van der Waals surface area (Å²) in [5.74, 6) is -0.0452. The van der Waals surface area contributed by atoms with E-state index in [0.29, 0.717) is 5.56 Å². The van der Waals surface area contributed by atoms with E-state index >= 15 is 0 Å². The summed E-state index contributed by atoms with van der Waals surface area (Å²) in [6, 6.07) is 23.3. The molecule has 0 aliphatic heterocycles. The van der Waals surface area contributed by atoms with E-state index in [2.05, 4.69) is 0 Å². The van der Waals surface area contributed by atoms with Gasteiger partial charge in [0.2, 0.25) is 0 Å². The lowest BCUT2D eigenvalue weighted by Crippen LogP contribution is -2.25. The second kappa shape index (κ2) is 6.14. The van der Waals surface area contributed by atoms with Gasteiger partial charge in [0.1, 0.15) is 10.3 Å². The van der Waals surface area contributed by atoms with E-state index in [1.54, 1.807) is 23.3 Å². The average molecular weight is 369 g/mol. The summed E-state index contributed by atoms with van der Waals surface area (Å²) in [6.07, 6.45) is 0. The molecule has 0 bridgehead atoms. The maximum Gasteiger partial charge on any atom is 0.258 e. The number of nitrogens with zero attached hydrogens (tertiary/aromatic N) is 3. The largest absolute Gasteiger partial charge is 0.311 e. The van der Waals surface area contributed by atoms with Crippen molar-refractivity contribution < 1.29 is 4.79 Å². The summed E-state index contributed by atoms with van der Waals surface area (Å²) in [5, 5.41) is 0.973. The Bertz CT molecular complexity index is 1310. The Labute approximate surface area is 159 Å².